The smallest absolute Gasteiger partial charge is 0.0384 e. The quantitative estimate of drug-likeness (QED) is 0.848. The molecule has 2 rings (SSSR count). The van der Waals surface area contributed by atoms with E-state index in [1.807, 2.05) is 18.2 Å². The van der Waals surface area contributed by atoms with Crippen LogP contribution >= 0.6 is 0 Å². The van der Waals surface area contributed by atoms with Crippen molar-refractivity contribution in [3.05, 3.63) is 60.2 Å². The topological polar surface area (TPSA) is 15.3 Å². The van der Waals surface area contributed by atoms with Crippen molar-refractivity contribution in [2.45, 2.75) is 19.4 Å². The van der Waals surface area contributed by atoms with Crippen LogP contribution in [0.4, 0.5) is 11.4 Å². The van der Waals surface area contributed by atoms with Gasteiger partial charge in [-0.25, -0.2) is 0 Å². The van der Waals surface area contributed by atoms with Crippen LogP contribution in [0.15, 0.2) is 54.6 Å². The second kappa shape index (κ2) is 6.39. The van der Waals surface area contributed by atoms with Gasteiger partial charge < -0.3 is 10.2 Å². The summed E-state index contributed by atoms with van der Waals surface area (Å²) in [6, 6.07) is 19.4. The van der Waals surface area contributed by atoms with Crippen LogP contribution in [0, 0.1) is 0 Å². The van der Waals surface area contributed by atoms with Gasteiger partial charge in [0.2, 0.25) is 0 Å². The maximum atomic E-state index is 3.40. The van der Waals surface area contributed by atoms with Crippen LogP contribution in [0.3, 0.4) is 0 Å². The van der Waals surface area contributed by atoms with Gasteiger partial charge in [0.1, 0.15) is 0 Å². The van der Waals surface area contributed by atoms with Gasteiger partial charge in [0.25, 0.3) is 0 Å². The van der Waals surface area contributed by atoms with Gasteiger partial charge in [-0.3, -0.25) is 0 Å². The summed E-state index contributed by atoms with van der Waals surface area (Å²) < 4.78 is 0. The fourth-order valence-electron chi connectivity index (χ4n) is 2.38. The van der Waals surface area contributed by atoms with Crippen molar-refractivity contribution < 1.29 is 0 Å². The Labute approximate surface area is 116 Å². The lowest BCUT2D eigenvalue weighted by Crippen LogP contribution is -2.18. The number of rotatable bonds is 5. The maximum absolute atomic E-state index is 3.40. The average Bonchev–Trinajstić information content (AvgIpc) is 2.42. The molecule has 19 heavy (non-hydrogen) atoms. The molecule has 0 aliphatic rings. The Bertz CT molecular complexity index is 488. The third-order valence-electron chi connectivity index (χ3n) is 3.37. The van der Waals surface area contributed by atoms with Crippen molar-refractivity contribution in [1.82, 2.24) is 4.90 Å². The Kier molecular flexibility index (Phi) is 4.58. The molecule has 0 aliphatic heterocycles. The standard InChI is InChI=1S/C17H22N2/c1-4-17(19(2)3)14-10-12-16(13-11-14)18-15-8-6-5-7-9-15/h5-13,17-18H,4H2,1-3H3. The van der Waals surface area contributed by atoms with Crippen LogP contribution in [0.25, 0.3) is 0 Å². The minimum atomic E-state index is 0.491. The van der Waals surface area contributed by atoms with E-state index in [4.69, 9.17) is 0 Å². The highest BCUT2D eigenvalue weighted by atomic mass is 15.1. The Morgan fingerprint density at radius 2 is 1.47 bits per heavy atom. The van der Waals surface area contributed by atoms with Crippen molar-refractivity contribution in [3.8, 4) is 0 Å². The number of hydrogen-bond donors (Lipinski definition) is 1. The SMILES string of the molecule is CCC(c1ccc(Nc2ccccc2)cc1)N(C)C. The fraction of sp³-hybridized carbons (Fsp3) is 0.294. The molecule has 0 aliphatic carbocycles. The van der Waals surface area contributed by atoms with Crippen LogP contribution < -0.4 is 5.32 Å². The van der Waals surface area contributed by atoms with Crippen LogP contribution in [0.5, 0.6) is 0 Å². The van der Waals surface area contributed by atoms with Crippen LogP contribution in [-0.4, -0.2) is 19.0 Å². The van der Waals surface area contributed by atoms with E-state index >= 15 is 0 Å². The molecule has 0 heterocycles. The predicted molar refractivity (Wildman–Crippen MR) is 82.9 cm³/mol. The first-order valence-electron chi connectivity index (χ1n) is 6.79. The Morgan fingerprint density at radius 3 is 2.00 bits per heavy atom. The molecule has 1 N–H and O–H groups in total. The molecular weight excluding hydrogens is 232 g/mol. The Hall–Kier alpha value is -1.80. The zero-order valence-electron chi connectivity index (χ0n) is 11.9. The molecule has 0 saturated carbocycles. The lowest BCUT2D eigenvalue weighted by atomic mass is 10.0. The minimum Gasteiger partial charge on any atom is -0.356 e. The molecule has 2 aromatic rings. The van der Waals surface area contributed by atoms with E-state index < -0.39 is 0 Å². The van der Waals surface area contributed by atoms with E-state index in [-0.39, 0.29) is 0 Å². The summed E-state index contributed by atoms with van der Waals surface area (Å²) in [6.07, 6.45) is 1.12. The summed E-state index contributed by atoms with van der Waals surface area (Å²) in [6.45, 7) is 2.22. The fourth-order valence-corrected chi connectivity index (χ4v) is 2.38. The van der Waals surface area contributed by atoms with Crippen LogP contribution in [0.1, 0.15) is 24.9 Å². The van der Waals surface area contributed by atoms with E-state index in [2.05, 4.69) is 67.6 Å². The molecule has 1 unspecified atom stereocenters. The van der Waals surface area contributed by atoms with E-state index in [9.17, 15) is 0 Å². The third kappa shape index (κ3) is 3.58. The monoisotopic (exact) mass is 254 g/mol. The molecule has 1 atom stereocenters. The molecule has 0 bridgehead atoms. The third-order valence-corrected chi connectivity index (χ3v) is 3.37. The van der Waals surface area contributed by atoms with E-state index in [0.717, 1.165) is 17.8 Å². The highest BCUT2D eigenvalue weighted by Crippen LogP contribution is 2.24. The summed E-state index contributed by atoms with van der Waals surface area (Å²) >= 11 is 0. The Morgan fingerprint density at radius 1 is 0.895 bits per heavy atom. The van der Waals surface area contributed by atoms with Crippen molar-refractivity contribution >= 4 is 11.4 Å². The van der Waals surface area contributed by atoms with Crippen molar-refractivity contribution in [2.75, 3.05) is 19.4 Å². The van der Waals surface area contributed by atoms with Gasteiger partial charge in [0.15, 0.2) is 0 Å². The molecule has 0 amide bonds. The van der Waals surface area contributed by atoms with Gasteiger partial charge in [-0.15, -0.1) is 0 Å². The summed E-state index contributed by atoms with van der Waals surface area (Å²) in [4.78, 5) is 2.26. The molecule has 0 spiro atoms. The molecule has 0 aromatic heterocycles. The summed E-state index contributed by atoms with van der Waals surface area (Å²) in [5.41, 5.74) is 3.62. The predicted octanol–water partition coefficient (Wildman–Crippen LogP) is 4.44. The number of anilines is 2. The first-order valence-corrected chi connectivity index (χ1v) is 6.79. The Balaban J connectivity index is 2.10. The largest absolute Gasteiger partial charge is 0.356 e. The lowest BCUT2D eigenvalue weighted by Gasteiger charge is -2.23. The zero-order valence-corrected chi connectivity index (χ0v) is 11.9. The number of nitrogens with one attached hydrogen (secondary N) is 1. The highest BCUT2D eigenvalue weighted by Gasteiger charge is 2.10. The lowest BCUT2D eigenvalue weighted by molar-refractivity contribution is 0.292. The molecule has 0 radical (unpaired) electrons. The number of para-hydroxylation sites is 1. The van der Waals surface area contributed by atoms with Gasteiger partial charge in [-0.2, -0.15) is 0 Å². The van der Waals surface area contributed by atoms with Crippen LogP contribution in [-0.2, 0) is 0 Å². The molecule has 0 saturated heterocycles. The van der Waals surface area contributed by atoms with E-state index in [0.29, 0.717) is 6.04 Å². The normalized spacial score (nSPS) is 12.4. The summed E-state index contributed by atoms with van der Waals surface area (Å²) in [5, 5.41) is 3.40. The first kappa shape index (κ1) is 13.6. The van der Waals surface area contributed by atoms with Crippen molar-refractivity contribution in [3.63, 3.8) is 0 Å². The van der Waals surface area contributed by atoms with Gasteiger partial charge in [-0.1, -0.05) is 37.3 Å². The van der Waals surface area contributed by atoms with E-state index in [1.165, 1.54) is 5.56 Å². The first-order chi connectivity index (χ1) is 9.20. The maximum Gasteiger partial charge on any atom is 0.0384 e. The summed E-state index contributed by atoms with van der Waals surface area (Å²) in [7, 11) is 4.26. The molecule has 2 nitrogen and oxygen atoms in total. The molecule has 100 valence electrons. The molecule has 2 aromatic carbocycles. The second-order valence-electron chi connectivity index (χ2n) is 5.00. The number of hydrogen-bond acceptors (Lipinski definition) is 2. The van der Waals surface area contributed by atoms with Gasteiger partial charge in [-0.05, 0) is 50.3 Å². The van der Waals surface area contributed by atoms with E-state index in [1.54, 1.807) is 0 Å². The number of benzene rings is 2. The molecule has 0 fully saturated rings. The minimum absolute atomic E-state index is 0.491. The summed E-state index contributed by atoms with van der Waals surface area (Å²) in [5.74, 6) is 0. The van der Waals surface area contributed by atoms with Crippen molar-refractivity contribution in [1.29, 1.82) is 0 Å². The zero-order chi connectivity index (χ0) is 13.7. The molecule has 2 heteroatoms. The number of nitrogens with zero attached hydrogens (tertiary/aromatic N) is 1. The average molecular weight is 254 g/mol. The van der Waals surface area contributed by atoms with Crippen LogP contribution in [0.2, 0.25) is 0 Å². The van der Waals surface area contributed by atoms with Gasteiger partial charge >= 0.3 is 0 Å². The highest BCUT2D eigenvalue weighted by molar-refractivity contribution is 5.59. The second-order valence-corrected chi connectivity index (χ2v) is 5.00. The molecular formula is C17H22N2. The van der Waals surface area contributed by atoms with Gasteiger partial charge in [0.05, 0.1) is 0 Å². The van der Waals surface area contributed by atoms with Crippen molar-refractivity contribution in [2.24, 2.45) is 0 Å². The van der Waals surface area contributed by atoms with Gasteiger partial charge in [0, 0.05) is 17.4 Å².